The predicted octanol–water partition coefficient (Wildman–Crippen LogP) is 6.60. The normalized spacial score (nSPS) is 11.2. The molecule has 0 aliphatic carbocycles. The molecule has 0 amide bonds. The Morgan fingerprint density at radius 1 is 0.808 bits per heavy atom. The van der Waals surface area contributed by atoms with E-state index in [0.29, 0.717) is 0 Å². The van der Waals surface area contributed by atoms with Crippen molar-refractivity contribution >= 4 is 22.7 Å². The maximum Gasteiger partial charge on any atom is 0.0495 e. The van der Waals surface area contributed by atoms with E-state index in [0.717, 1.165) is 12.3 Å². The fraction of sp³-hybridized carbons (Fsp3) is 0.167. The van der Waals surface area contributed by atoms with E-state index >= 15 is 0 Å². The van der Waals surface area contributed by atoms with Crippen LogP contribution in [0.1, 0.15) is 22.3 Å². The van der Waals surface area contributed by atoms with Crippen molar-refractivity contribution in [2.75, 3.05) is 0 Å². The number of hydrogen-bond acceptors (Lipinski definition) is 1. The van der Waals surface area contributed by atoms with E-state index < -0.39 is 0 Å². The zero-order valence-corrected chi connectivity index (χ0v) is 16.1. The van der Waals surface area contributed by atoms with E-state index in [1.165, 1.54) is 38.1 Å². The number of aromatic nitrogens is 1. The lowest BCUT2D eigenvalue weighted by Crippen LogP contribution is -1.99. The van der Waals surface area contributed by atoms with Crippen LogP contribution in [0, 0.1) is 13.8 Å². The molecule has 1 aromatic heterocycles. The topological polar surface area (TPSA) is 4.93 Å². The van der Waals surface area contributed by atoms with Crippen LogP contribution >= 0.6 is 11.8 Å². The Kier molecular flexibility index (Phi) is 4.85. The van der Waals surface area contributed by atoms with Gasteiger partial charge in [-0.05, 0) is 36.6 Å². The van der Waals surface area contributed by atoms with Crippen LogP contribution in [0.3, 0.4) is 0 Å². The van der Waals surface area contributed by atoms with Gasteiger partial charge in [-0.3, -0.25) is 0 Å². The summed E-state index contributed by atoms with van der Waals surface area (Å²) in [4.78, 5) is 1.36. The first-order chi connectivity index (χ1) is 12.7. The molecule has 0 saturated carbocycles. The van der Waals surface area contributed by atoms with Crippen LogP contribution < -0.4 is 0 Å². The quantitative estimate of drug-likeness (QED) is 0.364. The molecule has 0 saturated heterocycles. The van der Waals surface area contributed by atoms with Gasteiger partial charge in [0, 0.05) is 34.3 Å². The maximum atomic E-state index is 2.38. The summed E-state index contributed by atoms with van der Waals surface area (Å²) in [5, 5.41) is 1.35. The van der Waals surface area contributed by atoms with Gasteiger partial charge in [-0.15, -0.1) is 11.8 Å². The number of para-hydroxylation sites is 1. The highest BCUT2D eigenvalue weighted by Gasteiger charge is 2.10. The second-order valence-corrected chi connectivity index (χ2v) is 7.86. The molecule has 0 aliphatic heterocycles. The predicted molar refractivity (Wildman–Crippen MR) is 113 cm³/mol. The number of aryl methyl sites for hydroxylation is 2. The molecule has 0 unspecified atom stereocenters. The average Bonchev–Trinajstić information content (AvgIpc) is 3.01. The third-order valence-electron chi connectivity index (χ3n) is 4.87. The molecule has 0 radical (unpaired) electrons. The molecule has 0 spiro atoms. The molecule has 2 heteroatoms. The molecular formula is C24H23NS. The largest absolute Gasteiger partial charge is 0.342 e. The minimum absolute atomic E-state index is 0.915. The molecule has 26 heavy (non-hydrogen) atoms. The lowest BCUT2D eigenvalue weighted by atomic mass is 10.1. The van der Waals surface area contributed by atoms with Gasteiger partial charge in [0.25, 0.3) is 0 Å². The van der Waals surface area contributed by atoms with E-state index in [1.54, 1.807) is 0 Å². The van der Waals surface area contributed by atoms with Crippen LogP contribution in [0.2, 0.25) is 0 Å². The van der Waals surface area contributed by atoms with Crippen LogP contribution in [-0.4, -0.2) is 4.57 Å². The van der Waals surface area contributed by atoms with Crippen molar-refractivity contribution in [3.8, 4) is 0 Å². The standard InChI is InChI=1S/C24H23NS/c1-18-11-13-20(14-12-18)17-26-24-16-25(23-10-6-5-9-22(23)24)15-21-8-4-3-7-19(21)2/h3-14,16H,15,17H2,1-2H3. The van der Waals surface area contributed by atoms with Gasteiger partial charge < -0.3 is 4.57 Å². The van der Waals surface area contributed by atoms with Crippen LogP contribution in [0.15, 0.2) is 83.9 Å². The minimum Gasteiger partial charge on any atom is -0.342 e. The fourth-order valence-corrected chi connectivity index (χ4v) is 4.32. The Labute approximate surface area is 159 Å². The molecule has 0 atom stereocenters. The second kappa shape index (κ2) is 7.43. The second-order valence-electron chi connectivity index (χ2n) is 6.84. The van der Waals surface area contributed by atoms with Crippen LogP contribution in [-0.2, 0) is 12.3 Å². The van der Waals surface area contributed by atoms with Crippen molar-refractivity contribution in [2.45, 2.75) is 31.0 Å². The van der Waals surface area contributed by atoms with Gasteiger partial charge in [0.1, 0.15) is 0 Å². The van der Waals surface area contributed by atoms with E-state index in [-0.39, 0.29) is 0 Å². The molecule has 0 aliphatic rings. The number of thioether (sulfide) groups is 1. The number of fused-ring (bicyclic) bond motifs is 1. The molecule has 3 aromatic carbocycles. The third-order valence-corrected chi connectivity index (χ3v) is 5.98. The van der Waals surface area contributed by atoms with E-state index in [9.17, 15) is 0 Å². The first-order valence-corrected chi connectivity index (χ1v) is 10.00. The fourth-order valence-electron chi connectivity index (χ4n) is 3.28. The summed E-state index contributed by atoms with van der Waals surface area (Å²) in [6.07, 6.45) is 2.32. The first kappa shape index (κ1) is 17.0. The van der Waals surface area contributed by atoms with Gasteiger partial charge in [-0.25, -0.2) is 0 Å². The molecule has 0 N–H and O–H groups in total. The lowest BCUT2D eigenvalue weighted by molar-refractivity contribution is 0.824. The zero-order chi connectivity index (χ0) is 17.9. The van der Waals surface area contributed by atoms with Crippen molar-refractivity contribution in [2.24, 2.45) is 0 Å². The van der Waals surface area contributed by atoms with Crippen molar-refractivity contribution in [3.05, 3.63) is 101 Å². The van der Waals surface area contributed by atoms with Crippen LogP contribution in [0.4, 0.5) is 0 Å². The van der Waals surface area contributed by atoms with Crippen molar-refractivity contribution in [3.63, 3.8) is 0 Å². The minimum atomic E-state index is 0.915. The summed E-state index contributed by atoms with van der Waals surface area (Å²) < 4.78 is 2.38. The van der Waals surface area contributed by atoms with Crippen molar-refractivity contribution < 1.29 is 0 Å². The maximum absolute atomic E-state index is 2.38. The summed E-state index contributed by atoms with van der Waals surface area (Å²) in [6.45, 7) is 5.24. The van der Waals surface area contributed by atoms with Crippen molar-refractivity contribution in [1.29, 1.82) is 0 Å². The molecule has 0 fully saturated rings. The molecular weight excluding hydrogens is 334 g/mol. The molecule has 0 bridgehead atoms. The summed E-state index contributed by atoms with van der Waals surface area (Å²) >= 11 is 1.92. The summed E-state index contributed by atoms with van der Waals surface area (Å²) in [5.74, 6) is 0.999. The zero-order valence-electron chi connectivity index (χ0n) is 15.3. The van der Waals surface area contributed by atoms with Gasteiger partial charge >= 0.3 is 0 Å². The highest BCUT2D eigenvalue weighted by Crippen LogP contribution is 2.32. The lowest BCUT2D eigenvalue weighted by Gasteiger charge is -2.08. The van der Waals surface area contributed by atoms with Gasteiger partial charge in [0.15, 0.2) is 0 Å². The Morgan fingerprint density at radius 3 is 2.35 bits per heavy atom. The Balaban J connectivity index is 1.63. The van der Waals surface area contributed by atoms with Crippen molar-refractivity contribution in [1.82, 2.24) is 4.57 Å². The molecule has 1 nitrogen and oxygen atoms in total. The highest BCUT2D eigenvalue weighted by molar-refractivity contribution is 7.98. The van der Waals surface area contributed by atoms with Gasteiger partial charge in [0.05, 0.1) is 0 Å². The van der Waals surface area contributed by atoms with Gasteiger partial charge in [-0.2, -0.15) is 0 Å². The van der Waals surface area contributed by atoms with E-state index in [2.05, 4.69) is 97.4 Å². The van der Waals surface area contributed by atoms with Gasteiger partial charge in [0.2, 0.25) is 0 Å². The Morgan fingerprint density at radius 2 is 1.54 bits per heavy atom. The molecule has 1 heterocycles. The average molecular weight is 358 g/mol. The van der Waals surface area contributed by atoms with Crippen LogP contribution in [0.25, 0.3) is 10.9 Å². The number of nitrogens with zero attached hydrogens (tertiary/aromatic N) is 1. The van der Waals surface area contributed by atoms with E-state index in [4.69, 9.17) is 0 Å². The number of hydrogen-bond donors (Lipinski definition) is 0. The molecule has 130 valence electrons. The summed E-state index contributed by atoms with van der Waals surface area (Å²) in [5.41, 5.74) is 6.72. The summed E-state index contributed by atoms with van der Waals surface area (Å²) in [7, 11) is 0. The molecule has 4 aromatic rings. The Hall–Kier alpha value is -2.45. The third kappa shape index (κ3) is 3.56. The molecule has 4 rings (SSSR count). The Bertz CT molecular complexity index is 1030. The highest BCUT2D eigenvalue weighted by atomic mass is 32.2. The summed E-state index contributed by atoms with van der Waals surface area (Å²) in [6, 6.07) is 26.2. The first-order valence-electron chi connectivity index (χ1n) is 9.01. The number of rotatable bonds is 5. The number of benzene rings is 3. The smallest absolute Gasteiger partial charge is 0.0495 e. The monoisotopic (exact) mass is 357 g/mol. The van der Waals surface area contributed by atoms with E-state index in [1.807, 2.05) is 11.8 Å². The van der Waals surface area contributed by atoms with Gasteiger partial charge in [-0.1, -0.05) is 72.3 Å². The SMILES string of the molecule is Cc1ccc(CSc2cn(Cc3ccccc3C)c3ccccc23)cc1. The van der Waals surface area contributed by atoms with Crippen LogP contribution in [0.5, 0.6) is 0 Å².